The molecular weight excluding hydrogens is 236 g/mol. The third-order valence-corrected chi connectivity index (χ3v) is 2.08. The van der Waals surface area contributed by atoms with Gasteiger partial charge in [-0.2, -0.15) is 0 Å². The molecule has 0 fully saturated rings. The van der Waals surface area contributed by atoms with Crippen LogP contribution in [0.2, 0.25) is 0 Å². The predicted molar refractivity (Wildman–Crippen MR) is 67.2 cm³/mol. The summed E-state index contributed by atoms with van der Waals surface area (Å²) in [5, 5.41) is 7.86. The molecule has 0 aliphatic heterocycles. The van der Waals surface area contributed by atoms with Crippen molar-refractivity contribution in [2.24, 2.45) is 11.3 Å². The van der Waals surface area contributed by atoms with Crippen LogP contribution in [-0.2, 0) is 19.2 Å². The quantitative estimate of drug-likeness (QED) is 0.778. The zero-order valence-corrected chi connectivity index (χ0v) is 11.9. The van der Waals surface area contributed by atoms with Crippen LogP contribution in [0.1, 0.15) is 48.0 Å². The standard InChI is InChI=1S/C9H16O2.C4H6O3/c1-6(10)8(7(2)11)9(3,4)5;1-3(5)2-4(6)7/h8H,1-5H3;2H2,1H3,(H,6,7). The second-order valence-electron chi connectivity index (χ2n) is 5.29. The molecule has 0 rings (SSSR count). The Bertz CT molecular complexity index is 310. The monoisotopic (exact) mass is 258 g/mol. The number of carboxylic acid groups (broad SMARTS) is 1. The average Bonchev–Trinajstić information content (AvgIpc) is 1.95. The molecule has 1 N–H and O–H groups in total. The molecule has 0 aliphatic rings. The van der Waals surface area contributed by atoms with Gasteiger partial charge in [0.05, 0.1) is 5.92 Å². The number of hydrogen-bond donors (Lipinski definition) is 1. The summed E-state index contributed by atoms with van der Waals surface area (Å²) in [6, 6.07) is 0. The lowest BCUT2D eigenvalue weighted by molar-refractivity contribution is -0.140. The van der Waals surface area contributed by atoms with Gasteiger partial charge in [0.25, 0.3) is 0 Å². The van der Waals surface area contributed by atoms with Crippen LogP contribution in [-0.4, -0.2) is 28.4 Å². The fraction of sp³-hybridized carbons (Fsp3) is 0.692. The van der Waals surface area contributed by atoms with Gasteiger partial charge < -0.3 is 5.11 Å². The molecule has 0 saturated carbocycles. The van der Waals surface area contributed by atoms with Crippen molar-refractivity contribution in [1.29, 1.82) is 0 Å². The lowest BCUT2D eigenvalue weighted by atomic mass is 9.76. The number of carbonyl (C=O) groups is 4. The van der Waals surface area contributed by atoms with Crippen molar-refractivity contribution >= 4 is 23.3 Å². The first kappa shape index (κ1) is 18.8. The summed E-state index contributed by atoms with van der Waals surface area (Å²) in [7, 11) is 0. The van der Waals surface area contributed by atoms with Crippen molar-refractivity contribution in [1.82, 2.24) is 0 Å². The van der Waals surface area contributed by atoms with Gasteiger partial charge in [0.15, 0.2) is 0 Å². The van der Waals surface area contributed by atoms with E-state index in [2.05, 4.69) is 0 Å². The van der Waals surface area contributed by atoms with Crippen molar-refractivity contribution < 1.29 is 24.3 Å². The highest BCUT2D eigenvalue weighted by atomic mass is 16.4. The number of rotatable bonds is 4. The van der Waals surface area contributed by atoms with Gasteiger partial charge in [-0.1, -0.05) is 20.8 Å². The molecule has 0 aliphatic carbocycles. The molecule has 5 nitrogen and oxygen atoms in total. The van der Waals surface area contributed by atoms with E-state index in [4.69, 9.17) is 5.11 Å². The van der Waals surface area contributed by atoms with Gasteiger partial charge in [0, 0.05) is 0 Å². The molecule has 5 heteroatoms. The number of hydrogen-bond acceptors (Lipinski definition) is 4. The van der Waals surface area contributed by atoms with Gasteiger partial charge in [-0.05, 0) is 26.2 Å². The van der Waals surface area contributed by atoms with Gasteiger partial charge in [-0.15, -0.1) is 0 Å². The second kappa shape index (κ2) is 7.74. The zero-order chi connectivity index (χ0) is 15.1. The molecule has 0 aromatic carbocycles. The van der Waals surface area contributed by atoms with E-state index in [1.54, 1.807) is 0 Å². The summed E-state index contributed by atoms with van der Waals surface area (Å²) < 4.78 is 0. The minimum atomic E-state index is -1.06. The minimum absolute atomic E-state index is 0.0370. The van der Waals surface area contributed by atoms with Crippen molar-refractivity contribution in [3.05, 3.63) is 0 Å². The van der Waals surface area contributed by atoms with Crippen LogP contribution >= 0.6 is 0 Å². The lowest BCUT2D eigenvalue weighted by Crippen LogP contribution is -2.32. The van der Waals surface area contributed by atoms with Gasteiger partial charge >= 0.3 is 5.97 Å². The Morgan fingerprint density at radius 1 is 0.944 bits per heavy atom. The lowest BCUT2D eigenvalue weighted by Gasteiger charge is -2.25. The molecule has 0 bridgehead atoms. The Morgan fingerprint density at radius 3 is 1.28 bits per heavy atom. The first-order chi connectivity index (χ1) is 7.89. The van der Waals surface area contributed by atoms with Crippen molar-refractivity contribution in [2.45, 2.75) is 48.0 Å². The van der Waals surface area contributed by atoms with Crippen molar-refractivity contribution in [3.63, 3.8) is 0 Å². The van der Waals surface area contributed by atoms with E-state index >= 15 is 0 Å². The number of ketones is 3. The maximum atomic E-state index is 11.0. The maximum absolute atomic E-state index is 11.0. The van der Waals surface area contributed by atoms with Crippen molar-refractivity contribution in [2.75, 3.05) is 0 Å². The normalized spacial score (nSPS) is 10.4. The van der Waals surface area contributed by atoms with E-state index in [0.29, 0.717) is 0 Å². The highest BCUT2D eigenvalue weighted by Gasteiger charge is 2.32. The Morgan fingerprint density at radius 2 is 1.28 bits per heavy atom. The molecule has 0 amide bonds. The van der Waals surface area contributed by atoms with Crippen LogP contribution in [0.3, 0.4) is 0 Å². The van der Waals surface area contributed by atoms with Gasteiger partial charge in [-0.25, -0.2) is 0 Å². The smallest absolute Gasteiger partial charge is 0.310 e. The summed E-state index contributed by atoms with van der Waals surface area (Å²) in [6.07, 6.45) is -0.361. The van der Waals surface area contributed by atoms with Gasteiger partial charge in [0.2, 0.25) is 0 Å². The first-order valence-electron chi connectivity index (χ1n) is 5.61. The highest BCUT2D eigenvalue weighted by Crippen LogP contribution is 2.27. The van der Waals surface area contributed by atoms with E-state index in [1.165, 1.54) is 20.8 Å². The molecule has 0 aromatic rings. The van der Waals surface area contributed by atoms with Crippen LogP contribution in [0, 0.1) is 11.3 Å². The second-order valence-corrected chi connectivity index (χ2v) is 5.29. The molecule has 0 heterocycles. The molecule has 0 radical (unpaired) electrons. The third kappa shape index (κ3) is 9.69. The van der Waals surface area contributed by atoms with Crippen LogP contribution < -0.4 is 0 Å². The molecule has 0 spiro atoms. The van der Waals surface area contributed by atoms with Gasteiger partial charge in [0.1, 0.15) is 23.8 Å². The summed E-state index contributed by atoms with van der Waals surface area (Å²) in [4.78, 5) is 41.5. The first-order valence-corrected chi connectivity index (χ1v) is 5.61. The van der Waals surface area contributed by atoms with Crippen LogP contribution in [0.25, 0.3) is 0 Å². The Kier molecular flexibility index (Phi) is 8.10. The predicted octanol–water partition coefficient (Wildman–Crippen LogP) is 1.88. The number of Topliss-reactive ketones (excluding diaryl/α,β-unsaturated/α-hetero) is 3. The third-order valence-electron chi connectivity index (χ3n) is 2.08. The largest absolute Gasteiger partial charge is 0.481 e. The van der Waals surface area contributed by atoms with Crippen LogP contribution in [0.4, 0.5) is 0 Å². The Balaban J connectivity index is 0. The fourth-order valence-electron chi connectivity index (χ4n) is 1.72. The highest BCUT2D eigenvalue weighted by molar-refractivity contribution is 6.00. The van der Waals surface area contributed by atoms with E-state index in [1.807, 2.05) is 20.8 Å². The molecule has 0 aromatic heterocycles. The average molecular weight is 258 g/mol. The summed E-state index contributed by atoms with van der Waals surface area (Å²) in [5.41, 5.74) is -0.238. The van der Waals surface area contributed by atoms with E-state index in [-0.39, 0.29) is 29.2 Å². The number of carboxylic acids is 1. The van der Waals surface area contributed by atoms with E-state index in [0.717, 1.165) is 0 Å². The molecule has 0 atom stereocenters. The SMILES string of the molecule is CC(=O)C(C(C)=O)C(C)(C)C.CC(=O)CC(=O)O. The molecule has 0 unspecified atom stereocenters. The topological polar surface area (TPSA) is 88.5 Å². The molecule has 104 valence electrons. The number of aliphatic carboxylic acids is 1. The van der Waals surface area contributed by atoms with E-state index < -0.39 is 11.9 Å². The molecular formula is C13H22O5. The molecule has 18 heavy (non-hydrogen) atoms. The van der Waals surface area contributed by atoms with E-state index in [9.17, 15) is 19.2 Å². The van der Waals surface area contributed by atoms with Crippen LogP contribution in [0.15, 0.2) is 0 Å². The summed E-state index contributed by atoms with van der Waals surface area (Å²) in [6.45, 7) is 9.89. The maximum Gasteiger partial charge on any atom is 0.310 e. The Hall–Kier alpha value is -1.52. The van der Waals surface area contributed by atoms with Crippen molar-refractivity contribution in [3.8, 4) is 0 Å². The molecule has 0 saturated heterocycles. The summed E-state index contributed by atoms with van der Waals surface area (Å²) >= 11 is 0. The zero-order valence-electron chi connectivity index (χ0n) is 11.9. The van der Waals surface area contributed by atoms with Gasteiger partial charge in [-0.3, -0.25) is 19.2 Å². The minimum Gasteiger partial charge on any atom is -0.481 e. The Labute approximate surface area is 108 Å². The summed E-state index contributed by atoms with van der Waals surface area (Å²) in [5.74, 6) is -1.89. The van der Waals surface area contributed by atoms with Crippen LogP contribution in [0.5, 0.6) is 0 Å². The fourth-order valence-corrected chi connectivity index (χ4v) is 1.72. The number of carbonyl (C=O) groups excluding carboxylic acids is 3.